The van der Waals surface area contributed by atoms with E-state index in [2.05, 4.69) is 24.5 Å². The molecule has 2 amide bonds. The van der Waals surface area contributed by atoms with E-state index in [1.807, 2.05) is 0 Å². The van der Waals surface area contributed by atoms with Crippen LogP contribution in [0.1, 0.15) is 5.56 Å². The minimum Gasteiger partial charge on any atom is -0.480 e. The molecule has 0 aromatic heterocycles. The van der Waals surface area contributed by atoms with Gasteiger partial charge >= 0.3 is 12.0 Å². The zero-order valence-corrected chi connectivity index (χ0v) is 11.9. The third-order valence-electron chi connectivity index (χ3n) is 2.73. The first-order valence-electron chi connectivity index (χ1n) is 6.01. The summed E-state index contributed by atoms with van der Waals surface area (Å²) in [6.07, 6.45) is 0. The first-order chi connectivity index (χ1) is 9.97. The Morgan fingerprint density at radius 1 is 1.38 bits per heavy atom. The molecule has 112 valence electrons. The third-order valence-corrected chi connectivity index (χ3v) is 2.97. The molecule has 0 atom stereocenters. The van der Waals surface area contributed by atoms with Gasteiger partial charge in [0.25, 0.3) is 0 Å². The lowest BCUT2D eigenvalue weighted by molar-refractivity contribution is -0.135. The highest BCUT2D eigenvalue weighted by Crippen LogP contribution is 2.33. The van der Waals surface area contributed by atoms with E-state index in [1.165, 1.54) is 4.90 Å². The van der Waals surface area contributed by atoms with Crippen molar-refractivity contribution in [1.82, 2.24) is 10.2 Å². The molecule has 1 aromatic carbocycles. The number of urea groups is 1. The number of nitrogens with one attached hydrogen (secondary N) is 1. The van der Waals surface area contributed by atoms with E-state index >= 15 is 0 Å². The molecule has 0 saturated heterocycles. The van der Waals surface area contributed by atoms with Gasteiger partial charge in [0, 0.05) is 0 Å². The Hall–Kier alpha value is -2.35. The van der Waals surface area contributed by atoms with Gasteiger partial charge in [-0.3, -0.25) is 9.69 Å². The molecule has 1 aromatic rings. The van der Waals surface area contributed by atoms with Gasteiger partial charge in [-0.1, -0.05) is 12.6 Å². The summed E-state index contributed by atoms with van der Waals surface area (Å²) in [5.74, 6) is 0.115. The highest BCUT2D eigenvalue weighted by molar-refractivity contribution is 7.84. The number of fused-ring (bicyclic) bond motifs is 1. The quantitative estimate of drug-likeness (QED) is 0.716. The van der Waals surface area contributed by atoms with Crippen molar-refractivity contribution in [3.63, 3.8) is 0 Å². The number of aliphatic carboxylic acids is 1. The molecule has 1 heterocycles. The molecule has 0 unspecified atom stereocenters. The average Bonchev–Trinajstić information content (AvgIpc) is 2.89. The highest BCUT2D eigenvalue weighted by atomic mass is 32.1. The van der Waals surface area contributed by atoms with E-state index in [4.69, 9.17) is 14.6 Å². The van der Waals surface area contributed by atoms with Crippen molar-refractivity contribution >= 4 is 24.6 Å². The van der Waals surface area contributed by atoms with Gasteiger partial charge in [-0.25, -0.2) is 4.79 Å². The topological polar surface area (TPSA) is 88.1 Å². The van der Waals surface area contributed by atoms with Crippen LogP contribution in [0.4, 0.5) is 4.79 Å². The Morgan fingerprint density at radius 2 is 2.10 bits per heavy atom. The minimum atomic E-state index is -1.13. The highest BCUT2D eigenvalue weighted by Gasteiger charge is 2.18. The number of hydrogen-bond donors (Lipinski definition) is 3. The summed E-state index contributed by atoms with van der Waals surface area (Å²) in [5.41, 5.74) is 0.778. The van der Waals surface area contributed by atoms with Gasteiger partial charge in [0.05, 0.1) is 11.6 Å². The molecule has 21 heavy (non-hydrogen) atoms. The lowest BCUT2D eigenvalue weighted by Crippen LogP contribution is -2.40. The minimum absolute atomic E-state index is 0.168. The Balaban J connectivity index is 2.07. The fourth-order valence-corrected chi connectivity index (χ4v) is 1.91. The summed E-state index contributed by atoms with van der Waals surface area (Å²) in [6, 6.07) is 4.68. The summed E-state index contributed by atoms with van der Waals surface area (Å²) in [5, 5.41) is 11.0. The molecule has 2 N–H and O–H groups in total. The number of rotatable bonds is 5. The molecule has 8 heteroatoms. The van der Waals surface area contributed by atoms with Crippen LogP contribution in [0.15, 0.2) is 29.8 Å². The van der Waals surface area contributed by atoms with Crippen molar-refractivity contribution in [1.29, 1.82) is 0 Å². The number of hydrogen-bond acceptors (Lipinski definition) is 5. The van der Waals surface area contributed by atoms with E-state index in [-0.39, 0.29) is 18.4 Å². The van der Waals surface area contributed by atoms with Crippen LogP contribution in [-0.4, -0.2) is 35.3 Å². The number of carbonyl (C=O) groups is 2. The molecule has 0 aliphatic carbocycles. The van der Waals surface area contributed by atoms with Crippen LogP contribution < -0.4 is 14.8 Å². The van der Waals surface area contributed by atoms with Gasteiger partial charge in [0.2, 0.25) is 6.79 Å². The molecule has 2 rings (SSSR count). The second-order valence-corrected chi connectivity index (χ2v) is 4.76. The maximum atomic E-state index is 11.9. The Bertz CT molecular complexity index is 590. The van der Waals surface area contributed by atoms with Crippen LogP contribution in [0, 0.1) is 0 Å². The third kappa shape index (κ3) is 3.82. The van der Waals surface area contributed by atoms with Crippen molar-refractivity contribution < 1.29 is 24.2 Å². The molecule has 1 aliphatic rings. The SMILES string of the molecule is C=C(S)N(Cc1ccc2c(c1)OCO2)C(=O)NCC(=O)O. The van der Waals surface area contributed by atoms with Crippen LogP contribution in [-0.2, 0) is 11.3 Å². The molecule has 0 bridgehead atoms. The van der Waals surface area contributed by atoms with Crippen LogP contribution in [0.3, 0.4) is 0 Å². The van der Waals surface area contributed by atoms with E-state index in [1.54, 1.807) is 18.2 Å². The Labute approximate surface area is 126 Å². The number of carboxylic acids is 1. The van der Waals surface area contributed by atoms with Gasteiger partial charge < -0.3 is 19.9 Å². The van der Waals surface area contributed by atoms with Crippen LogP contribution in [0.2, 0.25) is 0 Å². The zero-order chi connectivity index (χ0) is 15.4. The summed E-state index contributed by atoms with van der Waals surface area (Å²) < 4.78 is 10.5. The second kappa shape index (κ2) is 6.40. The number of carbonyl (C=O) groups excluding carboxylic acids is 1. The molecule has 0 spiro atoms. The fourth-order valence-electron chi connectivity index (χ4n) is 1.75. The molecule has 0 saturated carbocycles. The number of ether oxygens (including phenoxy) is 2. The Morgan fingerprint density at radius 3 is 2.76 bits per heavy atom. The normalized spacial score (nSPS) is 11.9. The number of carboxylic acid groups (broad SMARTS) is 1. The van der Waals surface area contributed by atoms with Crippen molar-refractivity contribution in [3.05, 3.63) is 35.4 Å². The Kier molecular flexibility index (Phi) is 4.59. The van der Waals surface area contributed by atoms with Crippen LogP contribution >= 0.6 is 12.6 Å². The van der Waals surface area contributed by atoms with Crippen molar-refractivity contribution in [2.45, 2.75) is 6.54 Å². The predicted octanol–water partition coefficient (Wildman–Crippen LogP) is 1.41. The second-order valence-electron chi connectivity index (χ2n) is 4.24. The van der Waals surface area contributed by atoms with Crippen molar-refractivity contribution in [2.75, 3.05) is 13.3 Å². The van der Waals surface area contributed by atoms with E-state index in [9.17, 15) is 9.59 Å². The van der Waals surface area contributed by atoms with Crippen molar-refractivity contribution in [3.8, 4) is 11.5 Å². The van der Waals surface area contributed by atoms with Gasteiger partial charge in [-0.2, -0.15) is 0 Å². The predicted molar refractivity (Wildman–Crippen MR) is 77.3 cm³/mol. The zero-order valence-electron chi connectivity index (χ0n) is 11.0. The molecular formula is C13H14N2O5S. The van der Waals surface area contributed by atoms with E-state index < -0.39 is 18.5 Å². The molecule has 0 radical (unpaired) electrons. The summed E-state index contributed by atoms with van der Waals surface area (Å²) in [7, 11) is 0. The number of benzene rings is 1. The first kappa shape index (κ1) is 15.0. The van der Waals surface area contributed by atoms with E-state index in [0.29, 0.717) is 11.5 Å². The standard InChI is InChI=1S/C13H14N2O5S/c1-8(21)15(13(18)14-5-12(16)17)6-9-2-3-10-11(4-9)20-7-19-10/h2-4,21H,1,5-7H2,(H,14,18)(H,16,17). The van der Waals surface area contributed by atoms with Gasteiger partial charge in [-0.05, 0) is 17.7 Å². The lowest BCUT2D eigenvalue weighted by atomic mass is 10.2. The average molecular weight is 310 g/mol. The number of thiol groups is 1. The summed E-state index contributed by atoms with van der Waals surface area (Å²) >= 11 is 4.06. The van der Waals surface area contributed by atoms with Crippen LogP contribution in [0.5, 0.6) is 11.5 Å². The molecule has 7 nitrogen and oxygen atoms in total. The lowest BCUT2D eigenvalue weighted by Gasteiger charge is -2.22. The maximum Gasteiger partial charge on any atom is 0.323 e. The number of nitrogens with zero attached hydrogens (tertiary/aromatic N) is 1. The van der Waals surface area contributed by atoms with Gasteiger partial charge in [0.15, 0.2) is 11.5 Å². The summed E-state index contributed by atoms with van der Waals surface area (Å²) in [6.45, 7) is 3.48. The van der Waals surface area contributed by atoms with Gasteiger partial charge in [-0.15, -0.1) is 12.6 Å². The molecular weight excluding hydrogens is 296 g/mol. The van der Waals surface area contributed by atoms with Crippen LogP contribution in [0.25, 0.3) is 0 Å². The fraction of sp³-hybridized carbons (Fsp3) is 0.231. The smallest absolute Gasteiger partial charge is 0.323 e. The molecule has 0 fully saturated rings. The summed E-state index contributed by atoms with van der Waals surface area (Å²) in [4.78, 5) is 23.6. The molecule has 1 aliphatic heterocycles. The maximum absolute atomic E-state index is 11.9. The monoisotopic (exact) mass is 310 g/mol. The van der Waals surface area contributed by atoms with Gasteiger partial charge in [0.1, 0.15) is 6.54 Å². The first-order valence-corrected chi connectivity index (χ1v) is 6.45. The van der Waals surface area contributed by atoms with E-state index in [0.717, 1.165) is 5.56 Å². The van der Waals surface area contributed by atoms with Crippen molar-refractivity contribution in [2.24, 2.45) is 0 Å². The number of amides is 2. The largest absolute Gasteiger partial charge is 0.480 e.